The molecule has 2 atom stereocenters. The van der Waals surface area contributed by atoms with Crippen molar-refractivity contribution < 1.29 is 32.2 Å². The second kappa shape index (κ2) is 6.34. The number of nitrogens with one attached hydrogen (secondary N) is 1. The van der Waals surface area contributed by atoms with Gasteiger partial charge in [-0.3, -0.25) is 0 Å². The average Bonchev–Trinajstić information content (AvgIpc) is 2.82. The Labute approximate surface area is 123 Å². The molecule has 10 heteroatoms. The van der Waals surface area contributed by atoms with Crippen LogP contribution in [0.25, 0.3) is 0 Å². The number of ether oxygens (including phenoxy) is 3. The first kappa shape index (κ1) is 16.3. The Balaban J connectivity index is 2.13. The van der Waals surface area contributed by atoms with Crippen molar-refractivity contribution in [2.75, 3.05) is 13.7 Å². The van der Waals surface area contributed by atoms with Crippen molar-refractivity contribution in [3.05, 3.63) is 6.07 Å². The molecule has 1 saturated heterocycles. The van der Waals surface area contributed by atoms with E-state index >= 15 is 0 Å². The van der Waals surface area contributed by atoms with Crippen molar-refractivity contribution in [2.45, 2.75) is 31.7 Å². The molecule has 1 aromatic rings. The van der Waals surface area contributed by atoms with Crippen molar-refractivity contribution in [1.82, 2.24) is 15.3 Å². The number of hydrogen-bond acceptors (Lipinski definition) is 7. The molecule has 0 aromatic carbocycles. The molecule has 122 valence electrons. The van der Waals surface area contributed by atoms with E-state index in [1.54, 1.807) is 0 Å². The fourth-order valence-electron chi connectivity index (χ4n) is 1.89. The van der Waals surface area contributed by atoms with Crippen LogP contribution in [0.4, 0.5) is 13.2 Å². The smallest absolute Gasteiger partial charge is 0.481 e. The molecule has 0 unspecified atom stereocenters. The predicted molar refractivity (Wildman–Crippen MR) is 66.8 cm³/mol. The van der Waals surface area contributed by atoms with Gasteiger partial charge in [0.25, 0.3) is 0 Å². The molecule has 22 heavy (non-hydrogen) atoms. The van der Waals surface area contributed by atoms with Gasteiger partial charge in [-0.25, -0.2) is 4.79 Å². The van der Waals surface area contributed by atoms with Gasteiger partial charge in [0.1, 0.15) is 6.10 Å². The van der Waals surface area contributed by atoms with E-state index in [1.165, 1.54) is 13.2 Å². The van der Waals surface area contributed by atoms with E-state index in [4.69, 9.17) is 9.47 Å². The van der Waals surface area contributed by atoms with Crippen LogP contribution < -0.4 is 19.5 Å². The molecule has 1 aliphatic rings. The predicted octanol–water partition coefficient (Wildman–Crippen LogP) is 1.08. The maximum atomic E-state index is 12.2. The molecule has 0 aliphatic carbocycles. The maximum absolute atomic E-state index is 12.2. The minimum absolute atomic E-state index is 0.0299. The van der Waals surface area contributed by atoms with E-state index in [0.29, 0.717) is 13.0 Å². The number of alkyl halides is 3. The Kier molecular flexibility index (Phi) is 4.69. The second-order valence-corrected chi connectivity index (χ2v) is 4.70. The van der Waals surface area contributed by atoms with E-state index in [-0.39, 0.29) is 23.9 Å². The Hall–Kier alpha value is -2.10. The summed E-state index contributed by atoms with van der Waals surface area (Å²) in [6.45, 7) is 2.55. The van der Waals surface area contributed by atoms with Gasteiger partial charge in [0.2, 0.25) is 11.8 Å². The van der Waals surface area contributed by atoms with Crippen LogP contribution in [-0.2, 0) is 4.79 Å². The van der Waals surface area contributed by atoms with E-state index in [9.17, 15) is 18.0 Å². The minimum Gasteiger partial charge on any atom is -0.481 e. The van der Waals surface area contributed by atoms with Crippen molar-refractivity contribution in [1.29, 1.82) is 0 Å². The molecule has 0 spiro atoms. The molecule has 2 heterocycles. The fourth-order valence-corrected chi connectivity index (χ4v) is 1.89. The number of nitrogens with zero attached hydrogens (tertiary/aromatic N) is 2. The third-order valence-electron chi connectivity index (χ3n) is 2.88. The molecule has 7 nitrogen and oxygen atoms in total. The monoisotopic (exact) mass is 321 g/mol. The third kappa shape index (κ3) is 4.20. The molecular formula is C12H14F3N3O4. The standard InChI is InChI=1S/C12H14F3N3O4/c1-6-3-7(5-16-6)21-9-4-8(20-2)17-11(18-9)22-10(19)12(13,14)15/h4,6-7,16H,3,5H2,1-2H3/t6-,7+/m0/s1. The number of aromatic nitrogens is 2. The van der Waals surface area contributed by atoms with Gasteiger partial charge in [-0.1, -0.05) is 0 Å². The highest BCUT2D eigenvalue weighted by molar-refractivity contribution is 5.77. The van der Waals surface area contributed by atoms with Gasteiger partial charge in [0.05, 0.1) is 13.2 Å². The summed E-state index contributed by atoms with van der Waals surface area (Å²) in [6.07, 6.45) is -4.62. The third-order valence-corrected chi connectivity index (χ3v) is 2.88. The highest BCUT2D eigenvalue weighted by atomic mass is 19.4. The average molecular weight is 321 g/mol. The molecule has 1 aliphatic heterocycles. The van der Waals surface area contributed by atoms with Gasteiger partial charge in [-0.2, -0.15) is 23.1 Å². The minimum atomic E-state index is -5.14. The molecule has 1 fully saturated rings. The van der Waals surface area contributed by atoms with Crippen LogP contribution in [0.3, 0.4) is 0 Å². The number of methoxy groups -OCH3 is 1. The molecule has 1 aromatic heterocycles. The molecule has 0 bridgehead atoms. The van der Waals surface area contributed by atoms with Crippen LogP contribution in [0.1, 0.15) is 13.3 Å². The molecule has 2 rings (SSSR count). The molecule has 0 radical (unpaired) electrons. The first-order valence-corrected chi connectivity index (χ1v) is 6.40. The van der Waals surface area contributed by atoms with Crippen LogP contribution in [0.5, 0.6) is 17.8 Å². The topological polar surface area (TPSA) is 82.6 Å². The van der Waals surface area contributed by atoms with E-state index in [2.05, 4.69) is 20.0 Å². The molecule has 0 saturated carbocycles. The number of carbonyl (C=O) groups excluding carboxylic acids is 1. The summed E-state index contributed by atoms with van der Waals surface area (Å²) in [7, 11) is 1.26. The molecule has 1 N–H and O–H groups in total. The molecular weight excluding hydrogens is 307 g/mol. The van der Waals surface area contributed by atoms with Gasteiger partial charge in [-0.05, 0) is 6.92 Å². The van der Waals surface area contributed by atoms with Crippen molar-refractivity contribution in [2.24, 2.45) is 0 Å². The van der Waals surface area contributed by atoms with Gasteiger partial charge in [0, 0.05) is 19.0 Å². The van der Waals surface area contributed by atoms with E-state index < -0.39 is 18.2 Å². The van der Waals surface area contributed by atoms with Gasteiger partial charge >= 0.3 is 18.2 Å². The summed E-state index contributed by atoms with van der Waals surface area (Å²) < 4.78 is 51.0. The van der Waals surface area contributed by atoms with Crippen molar-refractivity contribution in [3.63, 3.8) is 0 Å². The van der Waals surface area contributed by atoms with E-state index in [0.717, 1.165) is 0 Å². The first-order chi connectivity index (χ1) is 10.3. The van der Waals surface area contributed by atoms with Crippen molar-refractivity contribution in [3.8, 4) is 17.8 Å². The zero-order valence-corrected chi connectivity index (χ0v) is 11.8. The van der Waals surface area contributed by atoms with Crippen molar-refractivity contribution >= 4 is 5.97 Å². The Morgan fingerprint density at radius 3 is 2.59 bits per heavy atom. The fraction of sp³-hybridized carbons (Fsp3) is 0.583. The lowest BCUT2D eigenvalue weighted by Gasteiger charge is -2.13. The van der Waals surface area contributed by atoms with Gasteiger partial charge in [0.15, 0.2) is 0 Å². The van der Waals surface area contributed by atoms with Crippen LogP contribution in [0.2, 0.25) is 0 Å². The SMILES string of the molecule is COc1cc(O[C@H]2CN[C@@H](C)C2)nc(OC(=O)C(F)(F)F)n1. The van der Waals surface area contributed by atoms with Crippen LogP contribution >= 0.6 is 0 Å². The highest BCUT2D eigenvalue weighted by Gasteiger charge is 2.42. The maximum Gasteiger partial charge on any atom is 0.491 e. The zero-order valence-electron chi connectivity index (χ0n) is 11.8. The van der Waals surface area contributed by atoms with Gasteiger partial charge < -0.3 is 19.5 Å². The lowest BCUT2D eigenvalue weighted by molar-refractivity contribution is -0.190. The Morgan fingerprint density at radius 1 is 1.36 bits per heavy atom. The summed E-state index contributed by atoms with van der Waals surface area (Å²) >= 11 is 0. The largest absolute Gasteiger partial charge is 0.491 e. The number of hydrogen-bond donors (Lipinski definition) is 1. The molecule has 0 amide bonds. The van der Waals surface area contributed by atoms with Gasteiger partial charge in [-0.15, -0.1) is 0 Å². The number of halogens is 3. The summed E-state index contributed by atoms with van der Waals surface area (Å²) in [6, 6.07) is 0.778. The second-order valence-electron chi connectivity index (χ2n) is 4.70. The van der Waals surface area contributed by atoms with E-state index in [1.807, 2.05) is 6.92 Å². The first-order valence-electron chi connectivity index (χ1n) is 6.40. The zero-order chi connectivity index (χ0) is 16.3. The number of carbonyl (C=O) groups is 1. The lowest BCUT2D eigenvalue weighted by Crippen LogP contribution is -2.28. The number of rotatable bonds is 4. The summed E-state index contributed by atoms with van der Waals surface area (Å²) in [4.78, 5) is 18.0. The highest BCUT2D eigenvalue weighted by Crippen LogP contribution is 2.24. The van der Waals surface area contributed by atoms with Crippen LogP contribution in [0, 0.1) is 0 Å². The Morgan fingerprint density at radius 2 is 2.05 bits per heavy atom. The normalized spacial score (nSPS) is 21.5. The lowest BCUT2D eigenvalue weighted by atomic mass is 10.2. The van der Waals surface area contributed by atoms with Crippen LogP contribution in [-0.4, -0.2) is 47.9 Å². The summed E-state index contributed by atoms with van der Waals surface area (Å²) in [5.74, 6) is -2.52. The Bertz CT molecular complexity index is 553. The van der Waals surface area contributed by atoms with Crippen LogP contribution in [0.15, 0.2) is 6.07 Å². The summed E-state index contributed by atoms with van der Waals surface area (Å²) in [5, 5.41) is 3.15. The number of esters is 1. The quantitative estimate of drug-likeness (QED) is 0.831. The summed E-state index contributed by atoms with van der Waals surface area (Å²) in [5.41, 5.74) is 0.